The number of fused-ring (bicyclic) bond motifs is 1. The molecule has 0 spiro atoms. The van der Waals surface area contributed by atoms with Gasteiger partial charge >= 0.3 is 0 Å². The highest BCUT2D eigenvalue weighted by atomic mass is 79.9. The first-order chi connectivity index (χ1) is 7.07. The van der Waals surface area contributed by atoms with E-state index in [1.54, 1.807) is 0 Å². The lowest BCUT2D eigenvalue weighted by Crippen LogP contribution is -2.41. The van der Waals surface area contributed by atoms with Gasteiger partial charge in [0.1, 0.15) is 5.75 Å². The van der Waals surface area contributed by atoms with Crippen LogP contribution in [0.1, 0.15) is 30.9 Å². The molecule has 0 amide bonds. The molecule has 0 fully saturated rings. The number of halogens is 1. The molecule has 0 saturated heterocycles. The van der Waals surface area contributed by atoms with Crippen LogP contribution in [-0.2, 0) is 5.54 Å². The fourth-order valence-corrected chi connectivity index (χ4v) is 2.70. The zero-order valence-corrected chi connectivity index (χ0v) is 10.7. The number of aryl methyl sites for hydroxylation is 1. The van der Waals surface area contributed by atoms with Crippen LogP contribution in [0.5, 0.6) is 5.75 Å². The highest BCUT2D eigenvalue weighted by Gasteiger charge is 2.33. The summed E-state index contributed by atoms with van der Waals surface area (Å²) in [5, 5.41) is 0. The van der Waals surface area contributed by atoms with Gasteiger partial charge in [-0.2, -0.15) is 0 Å². The largest absolute Gasteiger partial charge is 0.493 e. The lowest BCUT2D eigenvalue weighted by molar-refractivity contribution is 0.211. The molecular weight excluding hydrogens is 254 g/mol. The zero-order chi connectivity index (χ0) is 11.1. The van der Waals surface area contributed by atoms with E-state index in [-0.39, 0.29) is 5.54 Å². The second-order valence-corrected chi connectivity index (χ2v) is 5.12. The highest BCUT2D eigenvalue weighted by molar-refractivity contribution is 9.10. The Hall–Kier alpha value is -0.540. The molecule has 2 N–H and O–H groups in total. The van der Waals surface area contributed by atoms with Crippen molar-refractivity contribution in [3.8, 4) is 5.75 Å². The first-order valence-electron chi connectivity index (χ1n) is 5.29. The molecule has 1 aromatic rings. The van der Waals surface area contributed by atoms with Crippen LogP contribution in [0.15, 0.2) is 16.6 Å². The van der Waals surface area contributed by atoms with Crippen LogP contribution in [-0.4, -0.2) is 6.61 Å². The molecule has 0 aliphatic carbocycles. The van der Waals surface area contributed by atoms with E-state index >= 15 is 0 Å². The average molecular weight is 270 g/mol. The predicted octanol–water partition coefficient (Wildman–Crippen LogP) is 3.10. The van der Waals surface area contributed by atoms with E-state index in [2.05, 4.69) is 41.9 Å². The second kappa shape index (κ2) is 3.80. The molecule has 1 unspecified atom stereocenters. The predicted molar refractivity (Wildman–Crippen MR) is 65.1 cm³/mol. The van der Waals surface area contributed by atoms with Gasteiger partial charge in [-0.05, 0) is 31.0 Å². The molecule has 1 aromatic carbocycles. The first kappa shape index (κ1) is 11.0. The summed E-state index contributed by atoms with van der Waals surface area (Å²) in [5.41, 5.74) is 8.48. The summed E-state index contributed by atoms with van der Waals surface area (Å²) in [6.45, 7) is 4.91. The molecule has 1 heterocycles. The van der Waals surface area contributed by atoms with Crippen LogP contribution in [0.2, 0.25) is 0 Å². The standard InChI is InChI=1S/C12H16BrNO/c1-3-12(14)4-5-15-11-8(2)6-9(13)7-10(11)12/h6-7H,3-5,14H2,1-2H3. The number of rotatable bonds is 1. The molecule has 2 nitrogen and oxygen atoms in total. The Balaban J connectivity index is 2.60. The van der Waals surface area contributed by atoms with Crippen molar-refractivity contribution in [2.75, 3.05) is 6.61 Å². The van der Waals surface area contributed by atoms with Crippen LogP contribution in [0.25, 0.3) is 0 Å². The molecular formula is C12H16BrNO. The van der Waals surface area contributed by atoms with E-state index in [0.29, 0.717) is 0 Å². The van der Waals surface area contributed by atoms with Gasteiger partial charge < -0.3 is 10.5 Å². The molecule has 0 bridgehead atoms. The molecule has 0 aromatic heterocycles. The minimum absolute atomic E-state index is 0.220. The second-order valence-electron chi connectivity index (χ2n) is 4.21. The van der Waals surface area contributed by atoms with Gasteiger partial charge in [0.05, 0.1) is 6.61 Å². The lowest BCUT2D eigenvalue weighted by atomic mass is 9.82. The van der Waals surface area contributed by atoms with Crippen molar-refractivity contribution in [1.82, 2.24) is 0 Å². The quantitative estimate of drug-likeness (QED) is 0.851. The number of benzene rings is 1. The van der Waals surface area contributed by atoms with Gasteiger partial charge in [0.2, 0.25) is 0 Å². The van der Waals surface area contributed by atoms with Crippen LogP contribution >= 0.6 is 15.9 Å². The van der Waals surface area contributed by atoms with Crippen LogP contribution in [0, 0.1) is 6.92 Å². The van der Waals surface area contributed by atoms with Crippen molar-refractivity contribution in [3.63, 3.8) is 0 Å². The van der Waals surface area contributed by atoms with Gasteiger partial charge in [0.25, 0.3) is 0 Å². The van der Waals surface area contributed by atoms with Crippen LogP contribution in [0.4, 0.5) is 0 Å². The summed E-state index contributed by atoms with van der Waals surface area (Å²) in [6, 6.07) is 4.16. The monoisotopic (exact) mass is 269 g/mol. The summed E-state index contributed by atoms with van der Waals surface area (Å²) < 4.78 is 6.78. The number of hydrogen-bond donors (Lipinski definition) is 1. The molecule has 82 valence electrons. The number of hydrogen-bond acceptors (Lipinski definition) is 2. The fraction of sp³-hybridized carbons (Fsp3) is 0.500. The van der Waals surface area contributed by atoms with Crippen LogP contribution in [0.3, 0.4) is 0 Å². The van der Waals surface area contributed by atoms with Crippen molar-refractivity contribution in [1.29, 1.82) is 0 Å². The Morgan fingerprint density at radius 3 is 2.93 bits per heavy atom. The van der Waals surface area contributed by atoms with Gasteiger partial charge in [-0.25, -0.2) is 0 Å². The summed E-state index contributed by atoms with van der Waals surface area (Å²) in [6.07, 6.45) is 1.84. The van der Waals surface area contributed by atoms with Gasteiger partial charge in [-0.1, -0.05) is 22.9 Å². The van der Waals surface area contributed by atoms with Crippen LogP contribution < -0.4 is 10.5 Å². The molecule has 3 heteroatoms. The minimum atomic E-state index is -0.220. The highest BCUT2D eigenvalue weighted by Crippen LogP contribution is 2.40. The summed E-state index contributed by atoms with van der Waals surface area (Å²) in [7, 11) is 0. The number of ether oxygens (including phenoxy) is 1. The summed E-state index contributed by atoms with van der Waals surface area (Å²) in [4.78, 5) is 0. The number of nitrogens with two attached hydrogens (primary N) is 1. The van der Waals surface area contributed by atoms with Gasteiger partial charge in [0.15, 0.2) is 0 Å². The molecule has 15 heavy (non-hydrogen) atoms. The smallest absolute Gasteiger partial charge is 0.127 e. The lowest BCUT2D eigenvalue weighted by Gasteiger charge is -2.35. The van der Waals surface area contributed by atoms with Crippen molar-refractivity contribution in [3.05, 3.63) is 27.7 Å². The fourth-order valence-electron chi connectivity index (χ4n) is 2.13. The Bertz CT molecular complexity index is 391. The third-order valence-electron chi connectivity index (χ3n) is 3.20. The van der Waals surface area contributed by atoms with E-state index in [1.165, 1.54) is 0 Å². The van der Waals surface area contributed by atoms with Crippen molar-refractivity contribution >= 4 is 15.9 Å². The summed E-state index contributed by atoms with van der Waals surface area (Å²) >= 11 is 3.51. The van der Waals surface area contributed by atoms with Gasteiger partial charge in [-0.15, -0.1) is 0 Å². The maximum absolute atomic E-state index is 6.41. The molecule has 2 rings (SSSR count). The molecule has 0 saturated carbocycles. The van der Waals surface area contributed by atoms with E-state index < -0.39 is 0 Å². The SMILES string of the molecule is CCC1(N)CCOc2c(C)cc(Br)cc21. The normalized spacial score (nSPS) is 24.5. The van der Waals surface area contributed by atoms with E-state index in [1.807, 2.05) is 0 Å². The topological polar surface area (TPSA) is 35.2 Å². The van der Waals surface area contributed by atoms with E-state index in [4.69, 9.17) is 10.5 Å². The molecule has 0 radical (unpaired) electrons. The third-order valence-corrected chi connectivity index (χ3v) is 3.66. The average Bonchev–Trinajstić information content (AvgIpc) is 2.20. The Morgan fingerprint density at radius 1 is 1.53 bits per heavy atom. The summed E-state index contributed by atoms with van der Waals surface area (Å²) in [5.74, 6) is 0.980. The van der Waals surface area contributed by atoms with E-state index in [9.17, 15) is 0 Å². The third kappa shape index (κ3) is 1.79. The first-order valence-corrected chi connectivity index (χ1v) is 6.08. The van der Waals surface area contributed by atoms with Crippen molar-refractivity contribution in [2.24, 2.45) is 5.73 Å². The molecule has 1 aliphatic heterocycles. The Labute approximate surface area is 98.9 Å². The van der Waals surface area contributed by atoms with E-state index in [0.717, 1.165) is 40.8 Å². The minimum Gasteiger partial charge on any atom is -0.493 e. The Morgan fingerprint density at radius 2 is 2.27 bits per heavy atom. The Kier molecular flexibility index (Phi) is 2.77. The maximum Gasteiger partial charge on any atom is 0.127 e. The van der Waals surface area contributed by atoms with Crippen molar-refractivity contribution in [2.45, 2.75) is 32.2 Å². The van der Waals surface area contributed by atoms with Crippen molar-refractivity contribution < 1.29 is 4.74 Å². The molecule has 1 aliphatic rings. The molecule has 1 atom stereocenters. The maximum atomic E-state index is 6.41. The zero-order valence-electron chi connectivity index (χ0n) is 9.14. The van der Waals surface area contributed by atoms with Gasteiger partial charge in [0, 0.05) is 22.0 Å². The van der Waals surface area contributed by atoms with Gasteiger partial charge in [-0.3, -0.25) is 0 Å².